The second-order valence-electron chi connectivity index (χ2n) is 8.56. The van der Waals surface area contributed by atoms with Crippen molar-refractivity contribution in [2.75, 3.05) is 186 Å². The largest absolute Gasteiger partial charge is 0.378 e. The molecule has 0 aliphatic carbocycles. The Balaban J connectivity index is 3.02. The molecular formula is C28H60N2O12. The molecule has 0 aliphatic heterocycles. The van der Waals surface area contributed by atoms with Gasteiger partial charge in [0, 0.05) is 13.1 Å². The summed E-state index contributed by atoms with van der Waals surface area (Å²) in [6, 6.07) is 0. The SMILES string of the molecule is CNCCOCCOCCOCCOCCOCCOCCOCCOCCOCCOCCOCCOCCNC. The van der Waals surface area contributed by atoms with E-state index in [0.29, 0.717) is 159 Å². The number of hydrogen-bond donors (Lipinski definition) is 2. The average Bonchev–Trinajstić information content (AvgIpc) is 3.00. The predicted molar refractivity (Wildman–Crippen MR) is 158 cm³/mol. The fourth-order valence-corrected chi connectivity index (χ4v) is 2.87. The summed E-state index contributed by atoms with van der Waals surface area (Å²) < 4.78 is 65.2. The van der Waals surface area contributed by atoms with Crippen LogP contribution in [0.5, 0.6) is 0 Å². The number of hydrogen-bond acceptors (Lipinski definition) is 14. The third-order valence-electron chi connectivity index (χ3n) is 5.08. The molecule has 0 spiro atoms. The Bertz CT molecular complexity index is 433. The van der Waals surface area contributed by atoms with Gasteiger partial charge in [-0.1, -0.05) is 0 Å². The van der Waals surface area contributed by atoms with E-state index >= 15 is 0 Å². The van der Waals surface area contributed by atoms with E-state index in [1.165, 1.54) is 0 Å². The topological polar surface area (TPSA) is 135 Å². The zero-order valence-corrected chi connectivity index (χ0v) is 26.3. The lowest BCUT2D eigenvalue weighted by Crippen LogP contribution is -2.17. The molecule has 14 heteroatoms. The molecule has 0 unspecified atom stereocenters. The van der Waals surface area contributed by atoms with Crippen LogP contribution < -0.4 is 10.6 Å². The van der Waals surface area contributed by atoms with Crippen LogP contribution in [0.1, 0.15) is 0 Å². The molecule has 0 saturated heterocycles. The summed E-state index contributed by atoms with van der Waals surface area (Å²) in [5, 5.41) is 6.04. The predicted octanol–water partition coefficient (Wildman–Crippen LogP) is -0.376. The van der Waals surface area contributed by atoms with Crippen molar-refractivity contribution in [3.8, 4) is 0 Å². The van der Waals surface area contributed by atoms with Gasteiger partial charge in [0.05, 0.1) is 159 Å². The molecule has 0 aromatic rings. The fourth-order valence-electron chi connectivity index (χ4n) is 2.87. The quantitative estimate of drug-likeness (QED) is 0.0869. The Morgan fingerprint density at radius 3 is 0.452 bits per heavy atom. The van der Waals surface area contributed by atoms with Crippen LogP contribution in [0.2, 0.25) is 0 Å². The van der Waals surface area contributed by atoms with Gasteiger partial charge in [0.15, 0.2) is 0 Å². The Hall–Kier alpha value is -0.560. The summed E-state index contributed by atoms with van der Waals surface area (Å²) in [4.78, 5) is 0. The molecule has 42 heavy (non-hydrogen) atoms. The van der Waals surface area contributed by atoms with E-state index < -0.39 is 0 Å². The van der Waals surface area contributed by atoms with E-state index in [0.717, 1.165) is 13.1 Å². The number of ether oxygens (including phenoxy) is 12. The van der Waals surface area contributed by atoms with E-state index in [1.54, 1.807) is 0 Å². The van der Waals surface area contributed by atoms with Crippen molar-refractivity contribution in [1.82, 2.24) is 10.6 Å². The van der Waals surface area contributed by atoms with Gasteiger partial charge in [-0.2, -0.15) is 0 Å². The first-order chi connectivity index (χ1) is 20.9. The van der Waals surface area contributed by atoms with E-state index in [9.17, 15) is 0 Å². The van der Waals surface area contributed by atoms with Crippen molar-refractivity contribution in [2.24, 2.45) is 0 Å². The van der Waals surface area contributed by atoms with Crippen molar-refractivity contribution in [2.45, 2.75) is 0 Å². The lowest BCUT2D eigenvalue weighted by molar-refractivity contribution is -0.0282. The Morgan fingerprint density at radius 2 is 0.333 bits per heavy atom. The molecule has 0 rings (SSSR count). The highest BCUT2D eigenvalue weighted by Crippen LogP contribution is 1.87. The molecule has 0 bridgehead atoms. The summed E-state index contributed by atoms with van der Waals surface area (Å²) in [6.45, 7) is 14.9. The molecule has 0 saturated carbocycles. The standard InChI is InChI=1S/C28H60N2O12/c1-29-3-5-31-7-9-33-11-13-35-15-17-37-19-21-39-23-25-41-27-28-42-26-24-40-22-20-38-18-16-36-14-12-34-10-8-32-6-4-30-2/h29-30H,3-28H2,1-2H3. The molecule has 254 valence electrons. The molecule has 0 aliphatic rings. The Labute approximate surface area is 253 Å². The van der Waals surface area contributed by atoms with Crippen LogP contribution in [0, 0.1) is 0 Å². The smallest absolute Gasteiger partial charge is 0.0701 e. The minimum Gasteiger partial charge on any atom is -0.378 e. The van der Waals surface area contributed by atoms with Gasteiger partial charge in [-0.3, -0.25) is 0 Å². The third-order valence-corrected chi connectivity index (χ3v) is 5.08. The van der Waals surface area contributed by atoms with E-state index in [2.05, 4.69) is 10.6 Å². The van der Waals surface area contributed by atoms with Crippen LogP contribution in [0.15, 0.2) is 0 Å². The second-order valence-corrected chi connectivity index (χ2v) is 8.56. The second kappa shape index (κ2) is 40.4. The normalized spacial score (nSPS) is 11.6. The van der Waals surface area contributed by atoms with Gasteiger partial charge in [-0.25, -0.2) is 0 Å². The number of rotatable bonds is 39. The first-order valence-corrected chi connectivity index (χ1v) is 15.1. The molecule has 0 fully saturated rings. The highest BCUT2D eigenvalue weighted by Gasteiger charge is 1.96. The summed E-state index contributed by atoms with van der Waals surface area (Å²) in [7, 11) is 3.79. The molecule has 0 aromatic heterocycles. The maximum atomic E-state index is 5.47. The van der Waals surface area contributed by atoms with Crippen molar-refractivity contribution in [1.29, 1.82) is 0 Å². The van der Waals surface area contributed by atoms with Gasteiger partial charge in [0.2, 0.25) is 0 Å². The van der Waals surface area contributed by atoms with Crippen molar-refractivity contribution >= 4 is 0 Å². The van der Waals surface area contributed by atoms with E-state index in [-0.39, 0.29) is 0 Å². The summed E-state index contributed by atoms with van der Waals surface area (Å²) in [6.07, 6.45) is 0. The fraction of sp³-hybridized carbons (Fsp3) is 1.00. The zero-order chi connectivity index (χ0) is 30.3. The zero-order valence-electron chi connectivity index (χ0n) is 26.3. The summed E-state index contributed by atoms with van der Waals surface area (Å²) in [5.74, 6) is 0. The van der Waals surface area contributed by atoms with Crippen LogP contribution in [-0.4, -0.2) is 186 Å². The number of nitrogens with one attached hydrogen (secondary N) is 2. The van der Waals surface area contributed by atoms with E-state index in [4.69, 9.17) is 56.8 Å². The molecule has 0 heterocycles. The number of likely N-dealkylation sites (N-methyl/N-ethyl adjacent to an activating group) is 2. The van der Waals surface area contributed by atoms with Crippen molar-refractivity contribution in [3.05, 3.63) is 0 Å². The van der Waals surface area contributed by atoms with Crippen molar-refractivity contribution in [3.63, 3.8) is 0 Å². The van der Waals surface area contributed by atoms with Crippen LogP contribution in [-0.2, 0) is 56.8 Å². The maximum Gasteiger partial charge on any atom is 0.0701 e. The van der Waals surface area contributed by atoms with E-state index in [1.807, 2.05) is 14.1 Å². The minimum absolute atomic E-state index is 0.517. The Kier molecular flexibility index (Phi) is 39.9. The first kappa shape index (κ1) is 41.4. The third kappa shape index (κ3) is 39.4. The molecule has 0 radical (unpaired) electrons. The van der Waals surface area contributed by atoms with Gasteiger partial charge in [-0.15, -0.1) is 0 Å². The van der Waals surface area contributed by atoms with Crippen LogP contribution in [0.4, 0.5) is 0 Å². The minimum atomic E-state index is 0.517. The van der Waals surface area contributed by atoms with Gasteiger partial charge < -0.3 is 67.5 Å². The molecular weight excluding hydrogens is 556 g/mol. The Morgan fingerprint density at radius 1 is 0.214 bits per heavy atom. The maximum absolute atomic E-state index is 5.47. The molecule has 2 N–H and O–H groups in total. The van der Waals surface area contributed by atoms with Crippen LogP contribution >= 0.6 is 0 Å². The van der Waals surface area contributed by atoms with Gasteiger partial charge >= 0.3 is 0 Å². The summed E-state index contributed by atoms with van der Waals surface area (Å²) >= 11 is 0. The molecule has 0 aromatic carbocycles. The highest BCUT2D eigenvalue weighted by atomic mass is 16.6. The van der Waals surface area contributed by atoms with Crippen molar-refractivity contribution < 1.29 is 56.8 Å². The molecule has 14 nitrogen and oxygen atoms in total. The first-order valence-electron chi connectivity index (χ1n) is 15.1. The van der Waals surface area contributed by atoms with Gasteiger partial charge in [0.25, 0.3) is 0 Å². The van der Waals surface area contributed by atoms with Crippen LogP contribution in [0.25, 0.3) is 0 Å². The van der Waals surface area contributed by atoms with Gasteiger partial charge in [-0.05, 0) is 14.1 Å². The lowest BCUT2D eigenvalue weighted by atomic mass is 10.6. The van der Waals surface area contributed by atoms with Crippen LogP contribution in [0.3, 0.4) is 0 Å². The monoisotopic (exact) mass is 616 g/mol. The lowest BCUT2D eigenvalue weighted by Gasteiger charge is -2.09. The molecule has 0 atom stereocenters. The highest BCUT2D eigenvalue weighted by molar-refractivity contribution is 4.40. The van der Waals surface area contributed by atoms with Gasteiger partial charge in [0.1, 0.15) is 0 Å². The average molecular weight is 617 g/mol. The molecule has 0 amide bonds. The summed E-state index contributed by atoms with van der Waals surface area (Å²) in [5.41, 5.74) is 0.